The number of carbonyl (C=O) groups excluding carboxylic acids is 1. The number of aromatic nitrogens is 3. The predicted molar refractivity (Wildman–Crippen MR) is 106 cm³/mol. The molecule has 7 heteroatoms. The summed E-state index contributed by atoms with van der Waals surface area (Å²) < 4.78 is 3.14. The van der Waals surface area contributed by atoms with Crippen LogP contribution in [0.1, 0.15) is 11.1 Å². The molecule has 0 saturated carbocycles. The highest BCUT2D eigenvalue weighted by molar-refractivity contribution is 6.31. The van der Waals surface area contributed by atoms with E-state index in [0.29, 0.717) is 22.6 Å². The number of nitrogens with two attached hydrogens (primary N) is 1. The lowest BCUT2D eigenvalue weighted by molar-refractivity contribution is -0.118. The Kier molecular flexibility index (Phi) is 4.20. The van der Waals surface area contributed by atoms with Gasteiger partial charge in [0.05, 0.1) is 18.4 Å². The normalized spacial score (nSPS) is 11.3. The number of amides is 1. The van der Waals surface area contributed by atoms with Gasteiger partial charge in [-0.05, 0) is 30.7 Å². The van der Waals surface area contributed by atoms with Gasteiger partial charge >= 0.3 is 0 Å². The van der Waals surface area contributed by atoms with Crippen LogP contribution < -0.4 is 11.3 Å². The Bertz CT molecular complexity index is 1260. The summed E-state index contributed by atoms with van der Waals surface area (Å²) in [6.45, 7) is 2.17. The van der Waals surface area contributed by atoms with Gasteiger partial charge in [-0.2, -0.15) is 0 Å². The van der Waals surface area contributed by atoms with E-state index in [1.807, 2.05) is 43.3 Å². The summed E-state index contributed by atoms with van der Waals surface area (Å²) in [6.07, 6.45) is 1.52. The highest BCUT2D eigenvalue weighted by atomic mass is 35.5. The summed E-state index contributed by atoms with van der Waals surface area (Å²) in [7, 11) is 0. The van der Waals surface area contributed by atoms with Crippen molar-refractivity contribution in [2.75, 3.05) is 0 Å². The van der Waals surface area contributed by atoms with Crippen molar-refractivity contribution in [3.63, 3.8) is 0 Å². The van der Waals surface area contributed by atoms with Gasteiger partial charge < -0.3 is 10.3 Å². The van der Waals surface area contributed by atoms with Crippen molar-refractivity contribution in [3.05, 3.63) is 75.3 Å². The molecule has 0 aliphatic heterocycles. The van der Waals surface area contributed by atoms with Crippen LogP contribution in [0.4, 0.5) is 0 Å². The molecule has 0 aliphatic rings. The van der Waals surface area contributed by atoms with E-state index in [4.69, 9.17) is 17.3 Å². The fourth-order valence-electron chi connectivity index (χ4n) is 3.36. The minimum absolute atomic E-state index is 0.0872. The van der Waals surface area contributed by atoms with E-state index < -0.39 is 5.91 Å². The molecule has 0 bridgehead atoms. The monoisotopic (exact) mass is 380 g/mol. The first-order valence-electron chi connectivity index (χ1n) is 8.45. The molecular formula is C20H17ClN4O2. The standard InChI is InChI=1S/C20H17ClN4O2/c1-12-6-7-16-14(8-12)18-19(25(16)10-17(22)26)20(27)24(11-23-18)9-13-4-2-3-5-15(13)21/h2-8,11H,9-10H2,1H3,(H2,22,26). The maximum Gasteiger partial charge on any atom is 0.278 e. The zero-order valence-electron chi connectivity index (χ0n) is 14.6. The first kappa shape index (κ1) is 17.3. The van der Waals surface area contributed by atoms with Gasteiger partial charge in [0.25, 0.3) is 5.56 Å². The van der Waals surface area contributed by atoms with Crippen molar-refractivity contribution in [1.29, 1.82) is 0 Å². The maximum absolute atomic E-state index is 13.2. The van der Waals surface area contributed by atoms with Gasteiger partial charge in [0.15, 0.2) is 0 Å². The van der Waals surface area contributed by atoms with E-state index in [0.717, 1.165) is 22.0 Å². The van der Waals surface area contributed by atoms with Gasteiger partial charge in [-0.15, -0.1) is 0 Å². The molecule has 2 aromatic carbocycles. The third-order valence-corrected chi connectivity index (χ3v) is 4.96. The van der Waals surface area contributed by atoms with Gasteiger partial charge in [0.1, 0.15) is 17.6 Å². The Labute approximate surface area is 159 Å². The van der Waals surface area contributed by atoms with Gasteiger partial charge in [0, 0.05) is 10.4 Å². The summed E-state index contributed by atoms with van der Waals surface area (Å²) in [5.74, 6) is -0.518. The molecular weight excluding hydrogens is 364 g/mol. The fourth-order valence-corrected chi connectivity index (χ4v) is 3.55. The van der Waals surface area contributed by atoms with Crippen LogP contribution in [0.25, 0.3) is 21.9 Å². The number of hydrogen-bond acceptors (Lipinski definition) is 3. The molecule has 0 radical (unpaired) electrons. The highest BCUT2D eigenvalue weighted by Gasteiger charge is 2.18. The molecule has 1 amide bonds. The average Bonchev–Trinajstić information content (AvgIpc) is 2.92. The zero-order valence-corrected chi connectivity index (χ0v) is 15.4. The van der Waals surface area contributed by atoms with Crippen LogP contribution >= 0.6 is 11.6 Å². The molecule has 2 N–H and O–H groups in total. The van der Waals surface area contributed by atoms with E-state index in [1.165, 1.54) is 10.9 Å². The van der Waals surface area contributed by atoms with Gasteiger partial charge in [-0.1, -0.05) is 41.4 Å². The van der Waals surface area contributed by atoms with Crippen LogP contribution in [-0.2, 0) is 17.9 Å². The molecule has 4 aromatic rings. The van der Waals surface area contributed by atoms with Crippen molar-refractivity contribution in [2.45, 2.75) is 20.0 Å². The van der Waals surface area contributed by atoms with Crippen molar-refractivity contribution in [1.82, 2.24) is 14.1 Å². The number of hydrogen-bond donors (Lipinski definition) is 1. The first-order valence-corrected chi connectivity index (χ1v) is 8.83. The Morgan fingerprint density at radius 1 is 1.22 bits per heavy atom. The molecule has 0 spiro atoms. The number of halogens is 1. The summed E-state index contributed by atoms with van der Waals surface area (Å²) in [4.78, 5) is 29.3. The minimum atomic E-state index is -0.518. The predicted octanol–water partition coefficient (Wildman–Crippen LogP) is 2.85. The van der Waals surface area contributed by atoms with Crippen molar-refractivity contribution in [3.8, 4) is 0 Å². The quantitative estimate of drug-likeness (QED) is 0.591. The number of fused-ring (bicyclic) bond motifs is 3. The molecule has 0 unspecified atom stereocenters. The van der Waals surface area contributed by atoms with Crippen molar-refractivity contribution >= 4 is 39.4 Å². The highest BCUT2D eigenvalue weighted by Crippen LogP contribution is 2.26. The summed E-state index contributed by atoms with van der Waals surface area (Å²) in [5, 5.41) is 1.41. The van der Waals surface area contributed by atoms with E-state index in [9.17, 15) is 9.59 Å². The second-order valence-corrected chi connectivity index (χ2v) is 6.95. The molecule has 27 heavy (non-hydrogen) atoms. The van der Waals surface area contributed by atoms with Crippen molar-refractivity contribution in [2.24, 2.45) is 5.73 Å². The van der Waals surface area contributed by atoms with Crippen LogP contribution in [0.15, 0.2) is 53.6 Å². The smallest absolute Gasteiger partial charge is 0.278 e. The van der Waals surface area contributed by atoms with E-state index in [1.54, 1.807) is 10.6 Å². The Morgan fingerprint density at radius 3 is 2.74 bits per heavy atom. The van der Waals surface area contributed by atoms with E-state index >= 15 is 0 Å². The third-order valence-electron chi connectivity index (χ3n) is 4.59. The van der Waals surface area contributed by atoms with Crippen LogP contribution in [0.3, 0.4) is 0 Å². The number of aryl methyl sites for hydroxylation is 1. The molecule has 0 atom stereocenters. The first-order chi connectivity index (χ1) is 13.0. The van der Waals surface area contributed by atoms with Crippen LogP contribution in [-0.4, -0.2) is 20.0 Å². The molecule has 0 aliphatic carbocycles. The van der Waals surface area contributed by atoms with Crippen LogP contribution in [0.5, 0.6) is 0 Å². The molecule has 2 heterocycles. The Balaban J connectivity index is 1.99. The summed E-state index contributed by atoms with van der Waals surface area (Å²) in [6, 6.07) is 13.1. The summed E-state index contributed by atoms with van der Waals surface area (Å²) in [5.41, 5.74) is 8.73. The number of benzene rings is 2. The topological polar surface area (TPSA) is 82.9 Å². The molecule has 6 nitrogen and oxygen atoms in total. The number of primary amides is 1. The SMILES string of the molecule is Cc1ccc2c(c1)c1ncn(Cc3ccccc3Cl)c(=O)c1n2CC(N)=O. The van der Waals surface area contributed by atoms with Crippen molar-refractivity contribution < 1.29 is 4.79 Å². The lowest BCUT2D eigenvalue weighted by Gasteiger charge is -2.09. The largest absolute Gasteiger partial charge is 0.368 e. The lowest BCUT2D eigenvalue weighted by Crippen LogP contribution is -2.25. The van der Waals surface area contributed by atoms with E-state index in [-0.39, 0.29) is 12.1 Å². The fraction of sp³-hybridized carbons (Fsp3) is 0.150. The zero-order chi connectivity index (χ0) is 19.1. The second kappa shape index (κ2) is 6.55. The molecule has 0 saturated heterocycles. The third kappa shape index (κ3) is 2.98. The molecule has 136 valence electrons. The molecule has 2 aromatic heterocycles. The van der Waals surface area contributed by atoms with Crippen LogP contribution in [0.2, 0.25) is 5.02 Å². The van der Waals surface area contributed by atoms with E-state index in [2.05, 4.69) is 4.98 Å². The Hall–Kier alpha value is -3.12. The summed E-state index contributed by atoms with van der Waals surface area (Å²) >= 11 is 6.22. The minimum Gasteiger partial charge on any atom is -0.368 e. The second-order valence-electron chi connectivity index (χ2n) is 6.54. The lowest BCUT2D eigenvalue weighted by atomic mass is 10.1. The van der Waals surface area contributed by atoms with Gasteiger partial charge in [-0.3, -0.25) is 14.2 Å². The van der Waals surface area contributed by atoms with Gasteiger partial charge in [-0.25, -0.2) is 4.98 Å². The molecule has 4 rings (SSSR count). The maximum atomic E-state index is 13.2. The van der Waals surface area contributed by atoms with Crippen LogP contribution in [0, 0.1) is 6.92 Å². The number of nitrogens with zero attached hydrogens (tertiary/aromatic N) is 3. The average molecular weight is 381 g/mol. The van der Waals surface area contributed by atoms with Gasteiger partial charge in [0.2, 0.25) is 5.91 Å². The molecule has 0 fully saturated rings. The number of rotatable bonds is 4. The Morgan fingerprint density at radius 2 is 2.00 bits per heavy atom. The number of carbonyl (C=O) groups is 1.